The summed E-state index contributed by atoms with van der Waals surface area (Å²) in [5, 5.41) is 7.38. The first kappa shape index (κ1) is 9.79. The lowest BCUT2D eigenvalue weighted by Gasteiger charge is -2.01. The van der Waals surface area contributed by atoms with Crippen LogP contribution in [0, 0.1) is 0 Å². The summed E-state index contributed by atoms with van der Waals surface area (Å²) in [5.74, 6) is 0. The first-order valence-electron chi connectivity index (χ1n) is 4.78. The zero-order valence-electron chi connectivity index (χ0n) is 8.59. The highest BCUT2D eigenvalue weighted by Crippen LogP contribution is 1.96. The molecule has 0 fully saturated rings. The lowest BCUT2D eigenvalue weighted by atomic mass is 10.3. The van der Waals surface area contributed by atoms with Gasteiger partial charge < -0.3 is 5.32 Å². The van der Waals surface area contributed by atoms with Crippen LogP contribution in [0.5, 0.6) is 0 Å². The van der Waals surface area contributed by atoms with Gasteiger partial charge in [-0.25, -0.2) is 9.97 Å². The van der Waals surface area contributed by atoms with Crippen molar-refractivity contribution >= 4 is 0 Å². The van der Waals surface area contributed by atoms with E-state index in [2.05, 4.69) is 20.4 Å². The highest BCUT2D eigenvalue weighted by Gasteiger charge is 1.96. The van der Waals surface area contributed by atoms with Crippen molar-refractivity contribution in [3.05, 3.63) is 42.2 Å². The Bertz CT molecular complexity index is 409. The standard InChI is InChI=1S/C10H13N5/c1-15-7-9(5-14-15)4-12-6-10-2-3-11-8-13-10/h2-3,5,7-8,12H,4,6H2,1H3. The molecule has 0 spiro atoms. The molecule has 5 heteroatoms. The third-order valence-corrected chi connectivity index (χ3v) is 2.04. The van der Waals surface area contributed by atoms with Gasteiger partial charge in [0.25, 0.3) is 0 Å². The summed E-state index contributed by atoms with van der Waals surface area (Å²) in [5.41, 5.74) is 2.17. The maximum absolute atomic E-state index is 4.12. The minimum atomic E-state index is 0.747. The van der Waals surface area contributed by atoms with Gasteiger partial charge in [-0.05, 0) is 6.07 Å². The van der Waals surface area contributed by atoms with E-state index in [0.29, 0.717) is 0 Å². The SMILES string of the molecule is Cn1cc(CNCc2ccncn2)cn1. The average Bonchev–Trinajstić information content (AvgIpc) is 2.66. The van der Waals surface area contributed by atoms with Crippen LogP contribution in [0.3, 0.4) is 0 Å². The fourth-order valence-electron chi connectivity index (χ4n) is 1.32. The summed E-state index contributed by atoms with van der Waals surface area (Å²) in [6, 6.07) is 1.90. The number of aromatic nitrogens is 4. The number of hydrogen-bond acceptors (Lipinski definition) is 4. The predicted octanol–water partition coefficient (Wildman–Crippen LogP) is 0.500. The van der Waals surface area contributed by atoms with Crippen LogP contribution in [-0.4, -0.2) is 19.7 Å². The van der Waals surface area contributed by atoms with Gasteiger partial charge in [0.2, 0.25) is 0 Å². The zero-order valence-corrected chi connectivity index (χ0v) is 8.59. The molecule has 2 rings (SSSR count). The molecule has 1 N–H and O–H groups in total. The van der Waals surface area contributed by atoms with Gasteiger partial charge in [-0.15, -0.1) is 0 Å². The molecule has 0 unspecified atom stereocenters. The number of aryl methyl sites for hydroxylation is 1. The Morgan fingerprint density at radius 1 is 1.40 bits per heavy atom. The molecule has 5 nitrogen and oxygen atoms in total. The molecule has 0 saturated heterocycles. The van der Waals surface area contributed by atoms with Crippen LogP contribution in [0.2, 0.25) is 0 Å². The third kappa shape index (κ3) is 2.85. The Kier molecular flexibility index (Phi) is 3.04. The van der Waals surface area contributed by atoms with E-state index in [1.165, 1.54) is 5.56 Å². The molecule has 0 atom stereocenters. The normalized spacial score (nSPS) is 10.5. The minimum absolute atomic E-state index is 0.747. The van der Waals surface area contributed by atoms with Crippen molar-refractivity contribution < 1.29 is 0 Å². The van der Waals surface area contributed by atoms with E-state index in [0.717, 1.165) is 18.8 Å². The number of rotatable bonds is 4. The minimum Gasteiger partial charge on any atom is -0.307 e. The van der Waals surface area contributed by atoms with Gasteiger partial charge >= 0.3 is 0 Å². The molecule has 78 valence electrons. The summed E-state index contributed by atoms with van der Waals surface area (Å²) in [6.07, 6.45) is 7.15. The predicted molar refractivity (Wildman–Crippen MR) is 55.8 cm³/mol. The van der Waals surface area contributed by atoms with Crippen molar-refractivity contribution in [2.45, 2.75) is 13.1 Å². The largest absolute Gasteiger partial charge is 0.307 e. The Morgan fingerprint density at radius 3 is 3.00 bits per heavy atom. The molecule has 0 bridgehead atoms. The topological polar surface area (TPSA) is 55.6 Å². The van der Waals surface area contributed by atoms with Gasteiger partial charge in [-0.2, -0.15) is 5.10 Å². The van der Waals surface area contributed by atoms with Crippen LogP contribution >= 0.6 is 0 Å². The first-order chi connectivity index (χ1) is 7.34. The second-order valence-electron chi connectivity index (χ2n) is 3.33. The Balaban J connectivity index is 1.80. The fraction of sp³-hybridized carbons (Fsp3) is 0.300. The summed E-state index contributed by atoms with van der Waals surface area (Å²) >= 11 is 0. The molecule has 2 aromatic heterocycles. The Hall–Kier alpha value is -1.75. The zero-order chi connectivity index (χ0) is 10.5. The highest BCUT2D eigenvalue weighted by molar-refractivity contribution is 5.04. The lowest BCUT2D eigenvalue weighted by molar-refractivity contribution is 0.676. The van der Waals surface area contributed by atoms with E-state index in [-0.39, 0.29) is 0 Å². The second kappa shape index (κ2) is 4.65. The van der Waals surface area contributed by atoms with Gasteiger partial charge in [0.15, 0.2) is 0 Å². The monoisotopic (exact) mass is 203 g/mol. The summed E-state index contributed by atoms with van der Waals surface area (Å²) in [4.78, 5) is 7.98. The van der Waals surface area contributed by atoms with Crippen LogP contribution in [0.1, 0.15) is 11.3 Å². The molecule has 2 aromatic rings. The number of hydrogen-bond donors (Lipinski definition) is 1. The van der Waals surface area contributed by atoms with E-state index in [1.54, 1.807) is 17.2 Å². The van der Waals surface area contributed by atoms with E-state index in [1.807, 2.05) is 25.5 Å². The highest BCUT2D eigenvalue weighted by atomic mass is 15.2. The van der Waals surface area contributed by atoms with Crippen LogP contribution < -0.4 is 5.32 Å². The van der Waals surface area contributed by atoms with Gasteiger partial charge in [-0.3, -0.25) is 4.68 Å². The molecule has 0 aliphatic carbocycles. The van der Waals surface area contributed by atoms with Crippen molar-refractivity contribution in [2.24, 2.45) is 7.05 Å². The molecular weight excluding hydrogens is 190 g/mol. The van der Waals surface area contributed by atoms with E-state index in [4.69, 9.17) is 0 Å². The van der Waals surface area contributed by atoms with E-state index < -0.39 is 0 Å². The van der Waals surface area contributed by atoms with E-state index in [9.17, 15) is 0 Å². The average molecular weight is 203 g/mol. The molecule has 0 amide bonds. The van der Waals surface area contributed by atoms with Crippen LogP contribution in [0.25, 0.3) is 0 Å². The van der Waals surface area contributed by atoms with Crippen molar-refractivity contribution in [3.8, 4) is 0 Å². The molecule has 15 heavy (non-hydrogen) atoms. The summed E-state index contributed by atoms with van der Waals surface area (Å²) in [7, 11) is 1.91. The molecular formula is C10H13N5. The maximum Gasteiger partial charge on any atom is 0.115 e. The van der Waals surface area contributed by atoms with Gasteiger partial charge in [0, 0.05) is 38.1 Å². The lowest BCUT2D eigenvalue weighted by Crippen LogP contribution is -2.13. The number of nitrogens with one attached hydrogen (secondary N) is 1. The fourth-order valence-corrected chi connectivity index (χ4v) is 1.32. The van der Waals surface area contributed by atoms with Crippen molar-refractivity contribution in [3.63, 3.8) is 0 Å². The summed E-state index contributed by atoms with van der Waals surface area (Å²) in [6.45, 7) is 1.55. The summed E-state index contributed by atoms with van der Waals surface area (Å²) < 4.78 is 1.79. The first-order valence-corrected chi connectivity index (χ1v) is 4.78. The maximum atomic E-state index is 4.12. The second-order valence-corrected chi connectivity index (χ2v) is 3.33. The van der Waals surface area contributed by atoms with Crippen LogP contribution in [0.15, 0.2) is 31.0 Å². The molecule has 0 aliphatic heterocycles. The van der Waals surface area contributed by atoms with Crippen molar-refractivity contribution in [1.29, 1.82) is 0 Å². The smallest absolute Gasteiger partial charge is 0.115 e. The van der Waals surface area contributed by atoms with Crippen LogP contribution in [0.4, 0.5) is 0 Å². The van der Waals surface area contributed by atoms with Crippen LogP contribution in [-0.2, 0) is 20.1 Å². The quantitative estimate of drug-likeness (QED) is 0.786. The van der Waals surface area contributed by atoms with Crippen molar-refractivity contribution in [2.75, 3.05) is 0 Å². The van der Waals surface area contributed by atoms with Crippen molar-refractivity contribution in [1.82, 2.24) is 25.1 Å². The number of nitrogens with zero attached hydrogens (tertiary/aromatic N) is 4. The third-order valence-electron chi connectivity index (χ3n) is 2.04. The molecule has 0 aliphatic rings. The Labute approximate surface area is 88.2 Å². The molecule has 0 aromatic carbocycles. The van der Waals surface area contributed by atoms with E-state index >= 15 is 0 Å². The molecule has 0 saturated carbocycles. The van der Waals surface area contributed by atoms with Gasteiger partial charge in [0.1, 0.15) is 6.33 Å². The molecule has 2 heterocycles. The molecule has 0 radical (unpaired) electrons. The Morgan fingerprint density at radius 2 is 2.33 bits per heavy atom. The van der Waals surface area contributed by atoms with Gasteiger partial charge in [0.05, 0.1) is 11.9 Å². The van der Waals surface area contributed by atoms with Gasteiger partial charge in [-0.1, -0.05) is 0 Å².